The minimum Gasteiger partial charge on any atom is -0.481 e. The maximum absolute atomic E-state index is 12.5. The molecule has 1 aliphatic rings. The molecule has 0 aliphatic heterocycles. The fraction of sp³-hybridized carbons (Fsp3) is 0.370. The van der Waals surface area contributed by atoms with Crippen LogP contribution < -0.4 is 10.6 Å². The van der Waals surface area contributed by atoms with E-state index in [1.807, 2.05) is 45.0 Å². The summed E-state index contributed by atoms with van der Waals surface area (Å²) in [6.45, 7) is 7.58. The third-order valence-electron chi connectivity index (χ3n) is 6.09. The highest BCUT2D eigenvalue weighted by Gasteiger charge is 2.30. The lowest BCUT2D eigenvalue weighted by molar-refractivity contribution is -0.138. The largest absolute Gasteiger partial charge is 0.481 e. The minimum atomic E-state index is -0.973. The summed E-state index contributed by atoms with van der Waals surface area (Å²) in [5.74, 6) is -1.36. The maximum Gasteiger partial charge on any atom is 0.407 e. The van der Waals surface area contributed by atoms with Crippen molar-refractivity contribution in [3.8, 4) is 11.1 Å². The van der Waals surface area contributed by atoms with E-state index in [2.05, 4.69) is 34.9 Å². The molecule has 7 heteroatoms. The summed E-state index contributed by atoms with van der Waals surface area (Å²) in [7, 11) is 0. The molecule has 3 N–H and O–H groups in total. The summed E-state index contributed by atoms with van der Waals surface area (Å²) in [4.78, 5) is 35.9. The van der Waals surface area contributed by atoms with Crippen LogP contribution in [0.4, 0.5) is 4.79 Å². The number of fused-ring (bicyclic) bond motifs is 3. The highest BCUT2D eigenvalue weighted by atomic mass is 16.5. The zero-order valence-corrected chi connectivity index (χ0v) is 20.1. The predicted octanol–water partition coefficient (Wildman–Crippen LogP) is 4.48. The van der Waals surface area contributed by atoms with E-state index < -0.39 is 23.5 Å². The number of rotatable bonds is 8. The van der Waals surface area contributed by atoms with Crippen molar-refractivity contribution in [2.24, 2.45) is 5.41 Å². The Morgan fingerprint density at radius 3 is 2.12 bits per heavy atom. The molecule has 0 heterocycles. The number of amides is 2. The van der Waals surface area contributed by atoms with E-state index in [4.69, 9.17) is 9.84 Å². The second-order valence-electron chi connectivity index (χ2n) is 9.58. The molecule has 1 atom stereocenters. The third kappa shape index (κ3) is 6.04. The number of carbonyl (C=O) groups excluding carboxylic acids is 2. The molecule has 0 radical (unpaired) electrons. The average molecular weight is 465 g/mol. The van der Waals surface area contributed by atoms with Crippen LogP contribution >= 0.6 is 0 Å². The average Bonchev–Trinajstić information content (AvgIpc) is 3.10. The molecule has 3 rings (SSSR count). The first kappa shape index (κ1) is 25.0. The molecule has 0 spiro atoms. The SMILES string of the molecule is C/C(=C\CNC(=O)OCC1c2ccccc2-c2ccccc21)C(=O)NC(CC(=O)O)C(C)(C)C. The van der Waals surface area contributed by atoms with E-state index in [0.717, 1.165) is 22.3 Å². The quantitative estimate of drug-likeness (QED) is 0.500. The molecule has 1 aliphatic carbocycles. The van der Waals surface area contributed by atoms with Gasteiger partial charge >= 0.3 is 12.1 Å². The zero-order valence-electron chi connectivity index (χ0n) is 20.1. The number of carboxylic acids is 1. The second-order valence-corrected chi connectivity index (χ2v) is 9.58. The number of alkyl carbamates (subject to hydrolysis) is 1. The molecular weight excluding hydrogens is 432 g/mol. The predicted molar refractivity (Wildman–Crippen MR) is 130 cm³/mol. The highest BCUT2D eigenvalue weighted by Crippen LogP contribution is 2.44. The van der Waals surface area contributed by atoms with Gasteiger partial charge in [0.05, 0.1) is 6.42 Å². The lowest BCUT2D eigenvalue weighted by Gasteiger charge is -2.30. The van der Waals surface area contributed by atoms with Gasteiger partial charge in [0, 0.05) is 24.1 Å². The Morgan fingerprint density at radius 2 is 1.59 bits per heavy atom. The first-order valence-electron chi connectivity index (χ1n) is 11.4. The minimum absolute atomic E-state index is 0.0234. The zero-order chi connectivity index (χ0) is 24.9. The van der Waals surface area contributed by atoms with Crippen molar-refractivity contribution in [3.05, 3.63) is 71.3 Å². The summed E-state index contributed by atoms with van der Waals surface area (Å²) >= 11 is 0. The van der Waals surface area contributed by atoms with Gasteiger partial charge < -0.3 is 20.5 Å². The molecule has 0 fully saturated rings. The second kappa shape index (κ2) is 10.5. The van der Waals surface area contributed by atoms with Gasteiger partial charge in [-0.1, -0.05) is 75.4 Å². The van der Waals surface area contributed by atoms with Crippen molar-refractivity contribution < 1.29 is 24.2 Å². The van der Waals surface area contributed by atoms with Crippen LogP contribution in [0.3, 0.4) is 0 Å². The Hall–Kier alpha value is -3.61. The monoisotopic (exact) mass is 464 g/mol. The van der Waals surface area contributed by atoms with Gasteiger partial charge in [-0.15, -0.1) is 0 Å². The number of benzene rings is 2. The summed E-state index contributed by atoms with van der Waals surface area (Å²) < 4.78 is 5.49. The van der Waals surface area contributed by atoms with Crippen molar-refractivity contribution in [2.75, 3.05) is 13.2 Å². The van der Waals surface area contributed by atoms with Crippen LogP contribution in [-0.4, -0.2) is 42.3 Å². The van der Waals surface area contributed by atoms with Crippen LogP contribution in [0.5, 0.6) is 0 Å². The van der Waals surface area contributed by atoms with E-state index in [-0.39, 0.29) is 31.4 Å². The molecule has 0 saturated heterocycles. The number of carboxylic acid groups (broad SMARTS) is 1. The Bertz CT molecular complexity index is 1050. The van der Waals surface area contributed by atoms with Crippen LogP contribution in [0.15, 0.2) is 60.2 Å². The van der Waals surface area contributed by atoms with Crippen LogP contribution in [0, 0.1) is 5.41 Å². The fourth-order valence-electron chi connectivity index (χ4n) is 4.05. The molecule has 180 valence electrons. The number of hydrogen-bond donors (Lipinski definition) is 3. The van der Waals surface area contributed by atoms with E-state index >= 15 is 0 Å². The van der Waals surface area contributed by atoms with Gasteiger partial charge in [-0.25, -0.2) is 4.79 Å². The molecule has 2 aromatic rings. The molecule has 34 heavy (non-hydrogen) atoms. The molecule has 2 amide bonds. The van der Waals surface area contributed by atoms with E-state index in [0.29, 0.717) is 5.57 Å². The van der Waals surface area contributed by atoms with Crippen molar-refractivity contribution in [1.82, 2.24) is 10.6 Å². The summed E-state index contributed by atoms with van der Waals surface area (Å²) in [6, 6.07) is 15.7. The Labute approximate surface area is 200 Å². The van der Waals surface area contributed by atoms with Gasteiger partial charge in [-0.05, 0) is 34.6 Å². The van der Waals surface area contributed by atoms with Crippen molar-refractivity contribution in [3.63, 3.8) is 0 Å². The van der Waals surface area contributed by atoms with Gasteiger partial charge in [0.1, 0.15) is 6.61 Å². The molecule has 7 nitrogen and oxygen atoms in total. The van der Waals surface area contributed by atoms with Crippen molar-refractivity contribution >= 4 is 18.0 Å². The number of hydrogen-bond acceptors (Lipinski definition) is 4. The molecule has 1 unspecified atom stereocenters. The number of ether oxygens (including phenoxy) is 1. The normalized spacial score (nSPS) is 14.1. The Balaban J connectivity index is 1.52. The van der Waals surface area contributed by atoms with Gasteiger partial charge in [-0.3, -0.25) is 9.59 Å². The molecule has 0 bridgehead atoms. The van der Waals surface area contributed by atoms with Gasteiger partial charge in [0.25, 0.3) is 0 Å². The van der Waals surface area contributed by atoms with Crippen LogP contribution in [0.1, 0.15) is 51.2 Å². The molecular formula is C27H32N2O5. The Morgan fingerprint density at radius 1 is 1.03 bits per heavy atom. The smallest absolute Gasteiger partial charge is 0.407 e. The lowest BCUT2D eigenvalue weighted by atomic mass is 9.84. The van der Waals surface area contributed by atoms with Crippen LogP contribution in [0.25, 0.3) is 11.1 Å². The van der Waals surface area contributed by atoms with Gasteiger partial charge in [-0.2, -0.15) is 0 Å². The molecule has 2 aromatic carbocycles. The first-order chi connectivity index (χ1) is 16.1. The molecule has 0 aromatic heterocycles. The van der Waals surface area contributed by atoms with Crippen molar-refractivity contribution in [1.29, 1.82) is 0 Å². The van der Waals surface area contributed by atoms with Crippen LogP contribution in [-0.2, 0) is 14.3 Å². The first-order valence-corrected chi connectivity index (χ1v) is 11.4. The highest BCUT2D eigenvalue weighted by molar-refractivity contribution is 5.93. The molecule has 0 saturated carbocycles. The van der Waals surface area contributed by atoms with Crippen molar-refractivity contribution in [2.45, 2.75) is 46.1 Å². The number of carbonyl (C=O) groups is 3. The number of nitrogens with one attached hydrogen (secondary N) is 2. The summed E-state index contributed by atoms with van der Waals surface area (Å²) in [6.07, 6.45) is 0.849. The van der Waals surface area contributed by atoms with Crippen LogP contribution in [0.2, 0.25) is 0 Å². The standard InChI is InChI=1S/C27H32N2O5/c1-17(25(32)29-23(15-24(30)31)27(2,3)4)13-14-28-26(33)34-16-22-20-11-7-5-9-18(20)19-10-6-8-12-21(19)22/h5-13,22-23H,14-16H2,1-4H3,(H,28,33)(H,29,32)(H,30,31)/b17-13+. The Kier molecular flexibility index (Phi) is 7.76. The summed E-state index contributed by atoms with van der Waals surface area (Å²) in [5, 5.41) is 14.5. The van der Waals surface area contributed by atoms with Gasteiger partial charge in [0.2, 0.25) is 5.91 Å². The van der Waals surface area contributed by atoms with E-state index in [1.54, 1.807) is 13.0 Å². The third-order valence-corrected chi connectivity index (χ3v) is 6.09. The lowest BCUT2D eigenvalue weighted by Crippen LogP contribution is -2.45. The van der Waals surface area contributed by atoms with E-state index in [1.165, 1.54) is 0 Å². The fourth-order valence-corrected chi connectivity index (χ4v) is 4.05. The topological polar surface area (TPSA) is 105 Å². The number of aliphatic carboxylic acids is 1. The maximum atomic E-state index is 12.5. The van der Waals surface area contributed by atoms with E-state index in [9.17, 15) is 14.4 Å². The van der Waals surface area contributed by atoms with Gasteiger partial charge in [0.15, 0.2) is 0 Å². The summed E-state index contributed by atoms with van der Waals surface area (Å²) in [5.41, 5.74) is 4.57.